The lowest BCUT2D eigenvalue weighted by atomic mass is 10.1. The van der Waals surface area contributed by atoms with Crippen molar-refractivity contribution in [1.82, 2.24) is 0 Å². The fourth-order valence-electron chi connectivity index (χ4n) is 3.86. The summed E-state index contributed by atoms with van der Waals surface area (Å²) < 4.78 is 25.4. The van der Waals surface area contributed by atoms with Crippen molar-refractivity contribution in [2.24, 2.45) is 0 Å². The second kappa shape index (κ2) is 26.7. The van der Waals surface area contributed by atoms with Crippen molar-refractivity contribution in [3.05, 3.63) is 0 Å². The van der Waals surface area contributed by atoms with Gasteiger partial charge in [-0.1, -0.05) is 130 Å². The van der Waals surface area contributed by atoms with Crippen LogP contribution >= 0.6 is 0 Å². The molecular weight excluding hydrogens is 428 g/mol. The summed E-state index contributed by atoms with van der Waals surface area (Å²) in [5.41, 5.74) is 0. The predicted molar refractivity (Wildman–Crippen MR) is 145 cm³/mol. The Labute approximate surface area is 209 Å². The lowest BCUT2D eigenvalue weighted by molar-refractivity contribution is -0.0375. The standard InChI is InChI=1S/C28H60O4Si/c1-5-9-13-17-18-19-20-24-28-32-33(29-25-21-14-10-6-2,30-26-22-15-11-7-3)31-27-23-16-12-8-4/h5-28H2,1-4H3. The lowest BCUT2D eigenvalue weighted by Gasteiger charge is -2.28. The Morgan fingerprint density at radius 1 is 0.303 bits per heavy atom. The van der Waals surface area contributed by atoms with Crippen LogP contribution in [-0.2, 0) is 17.7 Å². The summed E-state index contributed by atoms with van der Waals surface area (Å²) in [6.07, 6.45) is 24.6. The molecule has 0 aliphatic rings. The molecular formula is C28H60O4Si. The zero-order chi connectivity index (χ0) is 24.3. The highest BCUT2D eigenvalue weighted by Gasteiger charge is 2.45. The van der Waals surface area contributed by atoms with Crippen LogP contribution in [0, 0.1) is 0 Å². The quantitative estimate of drug-likeness (QED) is 0.0811. The lowest BCUT2D eigenvalue weighted by Crippen LogP contribution is -2.50. The largest absolute Gasteiger partial charge is 0.679 e. The summed E-state index contributed by atoms with van der Waals surface area (Å²) in [5.74, 6) is 0. The SMILES string of the molecule is CCCCCCCCCCO[Si](OCCCCCC)(OCCCCCC)OCCCCCC. The molecule has 200 valence electrons. The zero-order valence-electron chi connectivity index (χ0n) is 23.1. The van der Waals surface area contributed by atoms with Gasteiger partial charge in [-0.2, -0.15) is 0 Å². The number of rotatable bonds is 28. The van der Waals surface area contributed by atoms with Crippen LogP contribution in [0.1, 0.15) is 156 Å². The third-order valence-electron chi connectivity index (χ3n) is 6.11. The first-order valence-electron chi connectivity index (χ1n) is 14.8. The molecule has 0 amide bonds. The van der Waals surface area contributed by atoms with Gasteiger partial charge >= 0.3 is 9.05 Å². The van der Waals surface area contributed by atoms with E-state index in [0.717, 1.165) is 25.7 Å². The molecule has 33 heavy (non-hydrogen) atoms. The highest BCUT2D eigenvalue weighted by molar-refractivity contribution is 6.53. The van der Waals surface area contributed by atoms with Crippen LogP contribution in [0.5, 0.6) is 0 Å². The summed E-state index contributed by atoms with van der Waals surface area (Å²) in [6, 6.07) is 0. The van der Waals surface area contributed by atoms with Crippen LogP contribution in [0.15, 0.2) is 0 Å². The van der Waals surface area contributed by atoms with Gasteiger partial charge in [0.15, 0.2) is 0 Å². The fraction of sp³-hybridized carbons (Fsp3) is 1.00. The van der Waals surface area contributed by atoms with Gasteiger partial charge < -0.3 is 17.7 Å². The van der Waals surface area contributed by atoms with Crippen molar-refractivity contribution in [3.63, 3.8) is 0 Å². The van der Waals surface area contributed by atoms with E-state index in [1.165, 1.54) is 103 Å². The van der Waals surface area contributed by atoms with Crippen LogP contribution in [0.25, 0.3) is 0 Å². The second-order valence-electron chi connectivity index (χ2n) is 9.55. The minimum Gasteiger partial charge on any atom is -0.351 e. The van der Waals surface area contributed by atoms with Gasteiger partial charge in [0.1, 0.15) is 0 Å². The summed E-state index contributed by atoms with van der Waals surface area (Å²) >= 11 is 0. The van der Waals surface area contributed by atoms with E-state index >= 15 is 0 Å². The highest BCUT2D eigenvalue weighted by atomic mass is 28.4. The average Bonchev–Trinajstić information content (AvgIpc) is 2.82. The van der Waals surface area contributed by atoms with Gasteiger partial charge in [0.25, 0.3) is 0 Å². The molecule has 0 aliphatic heterocycles. The first-order chi connectivity index (χ1) is 16.2. The van der Waals surface area contributed by atoms with Crippen LogP contribution in [0.3, 0.4) is 0 Å². The van der Waals surface area contributed by atoms with E-state index in [1.54, 1.807) is 0 Å². The van der Waals surface area contributed by atoms with Crippen LogP contribution in [-0.4, -0.2) is 35.5 Å². The van der Waals surface area contributed by atoms with Gasteiger partial charge in [-0.3, -0.25) is 0 Å². The van der Waals surface area contributed by atoms with Gasteiger partial charge in [0.2, 0.25) is 0 Å². The third-order valence-corrected chi connectivity index (χ3v) is 8.34. The monoisotopic (exact) mass is 488 g/mol. The summed E-state index contributed by atoms with van der Waals surface area (Å²) in [7, 11) is -3.06. The van der Waals surface area contributed by atoms with Crippen molar-refractivity contribution in [2.45, 2.75) is 156 Å². The second-order valence-corrected chi connectivity index (χ2v) is 11.7. The minimum atomic E-state index is -3.06. The molecule has 4 nitrogen and oxygen atoms in total. The van der Waals surface area contributed by atoms with Crippen molar-refractivity contribution in [2.75, 3.05) is 26.4 Å². The smallest absolute Gasteiger partial charge is 0.351 e. The topological polar surface area (TPSA) is 36.9 Å². The Morgan fingerprint density at radius 3 is 0.788 bits per heavy atom. The number of hydrogen-bond donors (Lipinski definition) is 0. The summed E-state index contributed by atoms with van der Waals surface area (Å²) in [6.45, 7) is 11.8. The van der Waals surface area contributed by atoms with E-state index in [4.69, 9.17) is 17.7 Å². The summed E-state index contributed by atoms with van der Waals surface area (Å²) in [5, 5.41) is 0. The predicted octanol–water partition coefficient (Wildman–Crippen LogP) is 9.37. The maximum absolute atomic E-state index is 6.37. The first-order valence-corrected chi connectivity index (χ1v) is 16.4. The maximum atomic E-state index is 6.37. The molecule has 0 heterocycles. The molecule has 0 atom stereocenters. The van der Waals surface area contributed by atoms with E-state index in [1.807, 2.05) is 0 Å². The first kappa shape index (κ1) is 33.1. The number of hydrogen-bond acceptors (Lipinski definition) is 4. The Morgan fingerprint density at radius 2 is 0.515 bits per heavy atom. The van der Waals surface area contributed by atoms with Crippen LogP contribution < -0.4 is 0 Å². The fourth-order valence-corrected chi connectivity index (χ4v) is 5.94. The van der Waals surface area contributed by atoms with Crippen LogP contribution in [0.4, 0.5) is 0 Å². The minimum absolute atomic E-state index is 0.688. The Balaban J connectivity index is 4.62. The van der Waals surface area contributed by atoms with E-state index in [9.17, 15) is 0 Å². The molecule has 0 aromatic carbocycles. The van der Waals surface area contributed by atoms with Crippen molar-refractivity contribution < 1.29 is 17.7 Å². The van der Waals surface area contributed by atoms with Crippen LogP contribution in [0.2, 0.25) is 0 Å². The van der Waals surface area contributed by atoms with Gasteiger partial charge in [0.05, 0.1) is 0 Å². The number of unbranched alkanes of at least 4 members (excludes halogenated alkanes) is 16. The van der Waals surface area contributed by atoms with Gasteiger partial charge in [-0.15, -0.1) is 0 Å². The molecule has 0 spiro atoms. The zero-order valence-corrected chi connectivity index (χ0v) is 24.1. The maximum Gasteiger partial charge on any atom is 0.679 e. The Hall–Kier alpha value is 0.0569. The molecule has 0 bridgehead atoms. The molecule has 0 unspecified atom stereocenters. The van der Waals surface area contributed by atoms with Gasteiger partial charge in [0, 0.05) is 26.4 Å². The highest BCUT2D eigenvalue weighted by Crippen LogP contribution is 2.18. The molecule has 0 N–H and O–H groups in total. The molecule has 0 fully saturated rings. The molecule has 0 radical (unpaired) electrons. The molecule has 0 aromatic heterocycles. The average molecular weight is 489 g/mol. The Kier molecular flexibility index (Phi) is 26.7. The summed E-state index contributed by atoms with van der Waals surface area (Å²) in [4.78, 5) is 0. The molecule has 0 saturated heterocycles. The van der Waals surface area contributed by atoms with E-state index in [0.29, 0.717) is 26.4 Å². The van der Waals surface area contributed by atoms with E-state index < -0.39 is 9.05 Å². The van der Waals surface area contributed by atoms with Crippen molar-refractivity contribution >= 4 is 9.05 Å². The molecule has 0 aromatic rings. The van der Waals surface area contributed by atoms with Gasteiger partial charge in [-0.05, 0) is 25.7 Å². The molecule has 0 aliphatic carbocycles. The van der Waals surface area contributed by atoms with Crippen molar-refractivity contribution in [1.29, 1.82) is 0 Å². The van der Waals surface area contributed by atoms with Gasteiger partial charge in [-0.25, -0.2) is 0 Å². The van der Waals surface area contributed by atoms with Crippen molar-refractivity contribution in [3.8, 4) is 0 Å². The third kappa shape index (κ3) is 22.3. The molecule has 5 heteroatoms. The Bertz CT molecular complexity index is 332. The molecule has 0 rings (SSSR count). The normalized spacial score (nSPS) is 12.0. The van der Waals surface area contributed by atoms with E-state index in [2.05, 4.69) is 27.7 Å². The molecule has 0 saturated carbocycles. The van der Waals surface area contributed by atoms with E-state index in [-0.39, 0.29) is 0 Å².